The summed E-state index contributed by atoms with van der Waals surface area (Å²) in [5, 5.41) is 20.9. The lowest BCUT2D eigenvalue weighted by molar-refractivity contribution is 0.258. The van der Waals surface area contributed by atoms with Crippen LogP contribution in [0.5, 0.6) is 5.88 Å². The van der Waals surface area contributed by atoms with Gasteiger partial charge in [-0.25, -0.2) is 18.7 Å². The number of carbonyl (C=O) groups excluding carboxylic acids is 1. The van der Waals surface area contributed by atoms with Crippen LogP contribution in [-0.4, -0.2) is 20.3 Å². The minimum Gasteiger partial charge on any atom is -0.491 e. The molecule has 0 saturated carbocycles. The Kier molecular flexibility index (Phi) is 5.21. The minimum absolute atomic E-state index is 0.154. The highest BCUT2D eigenvalue weighted by Crippen LogP contribution is 2.30. The highest BCUT2D eigenvalue weighted by molar-refractivity contribution is 5.89. The molecular weight excluding hydrogens is 382 g/mol. The molecule has 0 aliphatic rings. The predicted molar refractivity (Wildman–Crippen MR) is 113 cm³/mol. The van der Waals surface area contributed by atoms with Gasteiger partial charge in [0.2, 0.25) is 11.7 Å². The third-order valence-corrected chi connectivity index (χ3v) is 4.30. The van der Waals surface area contributed by atoms with E-state index >= 15 is 0 Å². The fraction of sp³-hybridized carbons (Fsp3) is 0. The summed E-state index contributed by atoms with van der Waals surface area (Å²) in [5.41, 5.74) is 0.945. The number of rotatable bonds is 4. The van der Waals surface area contributed by atoms with Gasteiger partial charge in [-0.1, -0.05) is 59.7 Å². The first-order valence-electron chi connectivity index (χ1n) is 9.10. The molecule has 0 saturated heterocycles. The fourth-order valence-electron chi connectivity index (χ4n) is 2.95. The van der Waals surface area contributed by atoms with Crippen molar-refractivity contribution in [2.45, 2.75) is 0 Å². The molecule has 1 aromatic heterocycles. The van der Waals surface area contributed by atoms with Crippen LogP contribution in [0, 0.1) is 0 Å². The van der Waals surface area contributed by atoms with E-state index < -0.39 is 17.6 Å². The number of urea groups is 1. The van der Waals surface area contributed by atoms with Gasteiger partial charge in [-0.2, -0.15) is 0 Å². The smallest absolute Gasteiger partial charge is 0.364 e. The summed E-state index contributed by atoms with van der Waals surface area (Å²) < 4.78 is 2.30. The van der Waals surface area contributed by atoms with Crippen molar-refractivity contribution < 1.29 is 9.90 Å². The molecule has 0 radical (unpaired) electrons. The Morgan fingerprint density at radius 2 is 1.27 bits per heavy atom. The predicted octanol–water partition coefficient (Wildman–Crippen LogP) is 4.65. The van der Waals surface area contributed by atoms with Crippen LogP contribution >= 0.6 is 0 Å². The second-order valence-corrected chi connectivity index (χ2v) is 6.27. The van der Waals surface area contributed by atoms with E-state index in [1.165, 1.54) is 4.57 Å². The minimum atomic E-state index is -0.736. The van der Waals surface area contributed by atoms with Crippen molar-refractivity contribution in [1.29, 1.82) is 0 Å². The van der Waals surface area contributed by atoms with Gasteiger partial charge in [-0.3, -0.25) is 0 Å². The molecule has 4 rings (SSSR count). The number of azo groups is 1. The summed E-state index contributed by atoms with van der Waals surface area (Å²) in [6.45, 7) is 0. The van der Waals surface area contributed by atoms with Crippen molar-refractivity contribution in [1.82, 2.24) is 9.13 Å². The number of amides is 2. The van der Waals surface area contributed by atoms with Crippen molar-refractivity contribution in [3.8, 4) is 17.3 Å². The number of hydrogen-bond donors (Lipinski definition) is 2. The number of imidazole rings is 1. The van der Waals surface area contributed by atoms with Crippen molar-refractivity contribution in [2.75, 3.05) is 5.32 Å². The largest absolute Gasteiger partial charge is 0.491 e. The molecule has 0 spiro atoms. The molecule has 3 aromatic carbocycles. The van der Waals surface area contributed by atoms with Crippen LogP contribution < -0.4 is 11.0 Å². The number of anilines is 1. The van der Waals surface area contributed by atoms with Gasteiger partial charge < -0.3 is 10.4 Å². The number of aromatic nitrogens is 2. The SMILES string of the molecule is O=C(/N=N/c1c(O)n(-c2ccccc2)c(=O)n1-c1ccccc1)Nc1ccccc1. The molecule has 8 heteroatoms. The van der Waals surface area contributed by atoms with E-state index in [4.69, 9.17) is 0 Å². The van der Waals surface area contributed by atoms with E-state index in [0.717, 1.165) is 4.57 Å². The van der Waals surface area contributed by atoms with E-state index in [9.17, 15) is 14.7 Å². The van der Waals surface area contributed by atoms with Crippen LogP contribution in [0.15, 0.2) is 106 Å². The Morgan fingerprint density at radius 3 is 1.83 bits per heavy atom. The molecule has 2 N–H and O–H groups in total. The first-order chi connectivity index (χ1) is 14.6. The van der Waals surface area contributed by atoms with E-state index in [2.05, 4.69) is 15.5 Å². The van der Waals surface area contributed by atoms with Crippen molar-refractivity contribution in [3.63, 3.8) is 0 Å². The molecule has 1 heterocycles. The van der Waals surface area contributed by atoms with Crippen LogP contribution in [0.1, 0.15) is 0 Å². The molecular formula is C22H17N5O3. The van der Waals surface area contributed by atoms with Gasteiger partial charge >= 0.3 is 11.7 Å². The summed E-state index contributed by atoms with van der Waals surface area (Å²) in [4.78, 5) is 25.3. The molecule has 0 atom stereocenters. The zero-order valence-electron chi connectivity index (χ0n) is 15.7. The first kappa shape index (κ1) is 18.9. The summed E-state index contributed by atoms with van der Waals surface area (Å²) in [5.74, 6) is -0.579. The van der Waals surface area contributed by atoms with Crippen LogP contribution in [0.4, 0.5) is 16.3 Å². The molecule has 0 unspecified atom stereocenters. The lowest BCUT2D eigenvalue weighted by atomic mass is 10.3. The Labute approximate surface area is 171 Å². The Hall–Kier alpha value is -4.46. The monoisotopic (exact) mass is 399 g/mol. The Balaban J connectivity index is 1.78. The van der Waals surface area contributed by atoms with Crippen molar-refractivity contribution in [3.05, 3.63) is 101 Å². The highest BCUT2D eigenvalue weighted by atomic mass is 16.3. The lowest BCUT2D eigenvalue weighted by Crippen LogP contribution is -2.21. The van der Waals surface area contributed by atoms with Crippen molar-refractivity contribution >= 4 is 17.5 Å². The molecule has 4 aromatic rings. The summed E-state index contributed by atoms with van der Waals surface area (Å²) in [7, 11) is 0. The number of benzene rings is 3. The first-order valence-corrected chi connectivity index (χ1v) is 9.10. The number of hydrogen-bond acceptors (Lipinski definition) is 4. The fourth-order valence-corrected chi connectivity index (χ4v) is 2.95. The number of nitrogens with zero attached hydrogens (tertiary/aromatic N) is 4. The summed E-state index contributed by atoms with van der Waals surface area (Å²) in [6, 6.07) is 25.4. The third-order valence-electron chi connectivity index (χ3n) is 4.30. The van der Waals surface area contributed by atoms with E-state index in [1.54, 1.807) is 84.9 Å². The van der Waals surface area contributed by atoms with Gasteiger partial charge in [0.05, 0.1) is 11.4 Å². The number of nitrogens with one attached hydrogen (secondary N) is 1. The Morgan fingerprint density at radius 1 is 0.767 bits per heavy atom. The standard InChI is InChI=1S/C22H17N5O3/c28-20-19(24-25-21(29)23-16-10-4-1-5-11-16)26(17-12-6-2-7-13-17)22(30)27(20)18-14-8-3-9-15-18/h1-15,28H,(H,23,29)/b25-24+. The number of aromatic hydroxyl groups is 1. The molecule has 2 amide bonds. The molecule has 0 bridgehead atoms. The van der Waals surface area contributed by atoms with Gasteiger partial charge in [0.1, 0.15) is 0 Å². The molecule has 0 fully saturated rings. The molecule has 8 nitrogen and oxygen atoms in total. The van der Waals surface area contributed by atoms with Crippen LogP contribution in [-0.2, 0) is 0 Å². The number of para-hydroxylation sites is 3. The Bertz CT molecular complexity index is 1250. The normalized spacial score (nSPS) is 10.9. The van der Waals surface area contributed by atoms with Gasteiger partial charge in [0, 0.05) is 5.69 Å². The maximum atomic E-state index is 13.1. The zero-order chi connectivity index (χ0) is 20.9. The topological polar surface area (TPSA) is 101 Å². The van der Waals surface area contributed by atoms with Crippen LogP contribution in [0.25, 0.3) is 11.4 Å². The molecule has 148 valence electrons. The quantitative estimate of drug-likeness (QED) is 0.488. The number of carbonyl (C=O) groups is 1. The highest BCUT2D eigenvalue weighted by Gasteiger charge is 2.22. The third kappa shape index (κ3) is 3.74. The van der Waals surface area contributed by atoms with Crippen LogP contribution in [0.3, 0.4) is 0 Å². The summed E-state index contributed by atoms with van der Waals surface area (Å²) >= 11 is 0. The molecule has 0 aliphatic heterocycles. The lowest BCUT2D eigenvalue weighted by Gasteiger charge is -2.02. The van der Waals surface area contributed by atoms with E-state index in [1.807, 2.05) is 6.07 Å². The second-order valence-electron chi connectivity index (χ2n) is 6.27. The molecule has 30 heavy (non-hydrogen) atoms. The average molecular weight is 399 g/mol. The maximum absolute atomic E-state index is 13.1. The summed E-state index contributed by atoms with van der Waals surface area (Å²) in [6.07, 6.45) is 0. The van der Waals surface area contributed by atoms with Gasteiger partial charge in [0.25, 0.3) is 0 Å². The van der Waals surface area contributed by atoms with Gasteiger partial charge in [-0.05, 0) is 36.4 Å². The van der Waals surface area contributed by atoms with Crippen molar-refractivity contribution in [2.24, 2.45) is 10.2 Å². The van der Waals surface area contributed by atoms with E-state index in [0.29, 0.717) is 17.1 Å². The second kappa shape index (κ2) is 8.27. The van der Waals surface area contributed by atoms with Crippen LogP contribution in [0.2, 0.25) is 0 Å². The average Bonchev–Trinajstić information content (AvgIpc) is 3.03. The maximum Gasteiger partial charge on any atom is 0.364 e. The zero-order valence-corrected chi connectivity index (χ0v) is 15.7. The van der Waals surface area contributed by atoms with Gasteiger partial charge in [-0.15, -0.1) is 5.11 Å². The van der Waals surface area contributed by atoms with E-state index in [-0.39, 0.29) is 5.82 Å². The van der Waals surface area contributed by atoms with Gasteiger partial charge in [0.15, 0.2) is 0 Å². The molecule has 0 aliphatic carbocycles.